The van der Waals surface area contributed by atoms with Crippen molar-refractivity contribution in [3.8, 4) is 0 Å². The van der Waals surface area contributed by atoms with Gasteiger partial charge in [-0.25, -0.2) is 4.79 Å². The highest BCUT2D eigenvalue weighted by Crippen LogP contribution is 2.29. The number of hydrogen-bond acceptors (Lipinski definition) is 2. The molecule has 1 aromatic carbocycles. The Bertz CT molecular complexity index is 585. The second-order valence-corrected chi connectivity index (χ2v) is 6.41. The van der Waals surface area contributed by atoms with Crippen LogP contribution in [0, 0.1) is 0 Å². The fraction of sp³-hybridized carbons (Fsp3) is 0.467. The molecule has 0 unspecified atom stereocenters. The van der Waals surface area contributed by atoms with Gasteiger partial charge in [-0.2, -0.15) is 0 Å². The Morgan fingerprint density at radius 3 is 2.52 bits per heavy atom. The van der Waals surface area contributed by atoms with Gasteiger partial charge >= 0.3 is 6.03 Å². The summed E-state index contributed by atoms with van der Waals surface area (Å²) in [5.41, 5.74) is 0.732. The average Bonchev–Trinajstić information content (AvgIpc) is 3.04. The predicted octanol–water partition coefficient (Wildman–Crippen LogP) is 3.70. The topological polar surface area (TPSA) is 40.6 Å². The van der Waals surface area contributed by atoms with E-state index in [1.165, 1.54) is 4.90 Å². The van der Waals surface area contributed by atoms with Gasteiger partial charge in [0.05, 0.1) is 6.54 Å². The van der Waals surface area contributed by atoms with Crippen molar-refractivity contribution < 1.29 is 9.59 Å². The average molecular weight is 327 g/mol. The number of amides is 3. The van der Waals surface area contributed by atoms with Crippen LogP contribution in [0.4, 0.5) is 4.79 Å². The lowest BCUT2D eigenvalue weighted by atomic mass is 10.2. The number of carbonyl (C=O) groups is 2. The Morgan fingerprint density at radius 1 is 1.14 bits per heavy atom. The number of imide groups is 1. The van der Waals surface area contributed by atoms with Gasteiger partial charge in [-0.05, 0) is 30.5 Å². The van der Waals surface area contributed by atoms with Crippen LogP contribution in [0.5, 0.6) is 0 Å². The van der Waals surface area contributed by atoms with Crippen molar-refractivity contribution >= 4 is 35.1 Å². The number of nitrogens with zero attached hydrogens (tertiary/aromatic N) is 2. The van der Waals surface area contributed by atoms with E-state index >= 15 is 0 Å². The van der Waals surface area contributed by atoms with Crippen LogP contribution in [-0.4, -0.2) is 34.3 Å². The van der Waals surface area contributed by atoms with Gasteiger partial charge in [0, 0.05) is 16.1 Å². The first-order valence-corrected chi connectivity index (χ1v) is 7.87. The first-order valence-electron chi connectivity index (χ1n) is 7.11. The zero-order chi connectivity index (χ0) is 15.0. The summed E-state index contributed by atoms with van der Waals surface area (Å²) in [6.07, 6.45) is 4.25. The molecular formula is C15H16Cl2N2O2. The fourth-order valence-electron chi connectivity index (χ4n) is 3.04. The van der Waals surface area contributed by atoms with Gasteiger partial charge in [0.25, 0.3) is 5.91 Å². The van der Waals surface area contributed by atoms with Crippen LogP contribution in [0.25, 0.3) is 0 Å². The van der Waals surface area contributed by atoms with Crippen molar-refractivity contribution in [3.63, 3.8) is 0 Å². The van der Waals surface area contributed by atoms with E-state index in [1.807, 2.05) is 0 Å². The summed E-state index contributed by atoms with van der Waals surface area (Å²) in [5.74, 6) is -0.155. The summed E-state index contributed by atoms with van der Waals surface area (Å²) >= 11 is 12.0. The van der Waals surface area contributed by atoms with Gasteiger partial charge in [0.15, 0.2) is 0 Å². The van der Waals surface area contributed by atoms with Gasteiger partial charge in [-0.1, -0.05) is 42.1 Å². The number of rotatable bonds is 3. The Balaban J connectivity index is 1.76. The third kappa shape index (κ3) is 2.87. The minimum absolute atomic E-state index is 0.155. The Kier molecular flexibility index (Phi) is 4.09. The zero-order valence-corrected chi connectivity index (χ0v) is 13.0. The first-order chi connectivity index (χ1) is 10.1. The number of hydrogen-bond donors (Lipinski definition) is 0. The normalized spacial score (nSPS) is 19.9. The van der Waals surface area contributed by atoms with Crippen LogP contribution in [-0.2, 0) is 11.3 Å². The van der Waals surface area contributed by atoms with Crippen molar-refractivity contribution in [3.05, 3.63) is 33.8 Å². The second kappa shape index (κ2) is 5.85. The molecule has 3 amide bonds. The minimum atomic E-state index is -0.196. The standard InChI is InChI=1S/C15H16Cl2N2O2/c16-11-6-5-10(13(17)7-11)8-19-14(20)9-18(15(19)21)12-3-1-2-4-12/h5-7,12H,1-4,8-9H2. The summed E-state index contributed by atoms with van der Waals surface area (Å²) < 4.78 is 0. The van der Waals surface area contributed by atoms with Crippen LogP contribution in [0.1, 0.15) is 31.2 Å². The largest absolute Gasteiger partial charge is 0.327 e. The molecule has 3 rings (SSSR count). The molecule has 112 valence electrons. The molecule has 0 aromatic heterocycles. The maximum Gasteiger partial charge on any atom is 0.327 e. The Hall–Kier alpha value is -1.26. The molecule has 2 fully saturated rings. The van der Waals surface area contributed by atoms with E-state index in [-0.39, 0.29) is 31.1 Å². The molecular weight excluding hydrogens is 311 g/mol. The summed E-state index contributed by atoms with van der Waals surface area (Å²) in [7, 11) is 0. The van der Waals surface area contributed by atoms with E-state index in [2.05, 4.69) is 0 Å². The number of benzene rings is 1. The van der Waals surface area contributed by atoms with Crippen LogP contribution in [0.15, 0.2) is 18.2 Å². The summed E-state index contributed by atoms with van der Waals surface area (Å²) in [6, 6.07) is 5.11. The van der Waals surface area contributed by atoms with Crippen LogP contribution in [0.2, 0.25) is 10.0 Å². The number of urea groups is 1. The molecule has 1 aliphatic carbocycles. The minimum Gasteiger partial charge on any atom is -0.312 e. The quantitative estimate of drug-likeness (QED) is 0.794. The fourth-order valence-corrected chi connectivity index (χ4v) is 3.51. The third-order valence-corrected chi connectivity index (χ3v) is 4.78. The van der Waals surface area contributed by atoms with E-state index in [0.29, 0.717) is 10.0 Å². The SMILES string of the molecule is O=C1CN(C2CCCC2)C(=O)N1Cc1ccc(Cl)cc1Cl. The zero-order valence-electron chi connectivity index (χ0n) is 11.5. The molecule has 0 radical (unpaired) electrons. The highest BCUT2D eigenvalue weighted by molar-refractivity contribution is 6.35. The van der Waals surface area contributed by atoms with Gasteiger partial charge in [0.1, 0.15) is 6.54 Å². The molecule has 6 heteroatoms. The maximum atomic E-state index is 12.4. The summed E-state index contributed by atoms with van der Waals surface area (Å²) in [5, 5.41) is 1.01. The molecule has 1 aliphatic heterocycles. The van der Waals surface area contributed by atoms with Crippen molar-refractivity contribution in [2.24, 2.45) is 0 Å². The smallest absolute Gasteiger partial charge is 0.312 e. The van der Waals surface area contributed by atoms with Crippen molar-refractivity contribution in [2.75, 3.05) is 6.54 Å². The van der Waals surface area contributed by atoms with E-state index in [4.69, 9.17) is 23.2 Å². The van der Waals surface area contributed by atoms with Gasteiger partial charge in [0.2, 0.25) is 0 Å². The second-order valence-electron chi connectivity index (χ2n) is 5.56. The number of halogens is 2. The Morgan fingerprint density at radius 2 is 1.86 bits per heavy atom. The first kappa shape index (κ1) is 14.7. The van der Waals surface area contributed by atoms with Gasteiger partial charge in [-0.3, -0.25) is 9.69 Å². The predicted molar refractivity (Wildman–Crippen MR) is 81.4 cm³/mol. The molecule has 4 nitrogen and oxygen atoms in total. The molecule has 1 saturated heterocycles. The lowest BCUT2D eigenvalue weighted by Gasteiger charge is -2.23. The van der Waals surface area contributed by atoms with Crippen LogP contribution >= 0.6 is 23.2 Å². The lowest BCUT2D eigenvalue weighted by molar-refractivity contribution is -0.125. The van der Waals surface area contributed by atoms with Crippen molar-refractivity contribution in [1.82, 2.24) is 9.80 Å². The molecule has 0 spiro atoms. The highest BCUT2D eigenvalue weighted by atomic mass is 35.5. The van der Waals surface area contributed by atoms with E-state index in [9.17, 15) is 9.59 Å². The Labute approximate surface area is 133 Å². The molecule has 0 N–H and O–H groups in total. The molecule has 0 bridgehead atoms. The third-order valence-electron chi connectivity index (χ3n) is 4.19. The van der Waals surface area contributed by atoms with E-state index < -0.39 is 0 Å². The van der Waals surface area contributed by atoms with Gasteiger partial charge in [-0.15, -0.1) is 0 Å². The van der Waals surface area contributed by atoms with Crippen LogP contribution < -0.4 is 0 Å². The summed E-state index contributed by atoms with van der Waals surface area (Å²) in [6.45, 7) is 0.394. The van der Waals surface area contributed by atoms with Gasteiger partial charge < -0.3 is 4.90 Å². The summed E-state index contributed by atoms with van der Waals surface area (Å²) in [4.78, 5) is 27.6. The van der Waals surface area contributed by atoms with Crippen molar-refractivity contribution in [1.29, 1.82) is 0 Å². The molecule has 1 heterocycles. The molecule has 2 aliphatic rings. The molecule has 1 aromatic rings. The molecule has 1 saturated carbocycles. The van der Waals surface area contributed by atoms with Crippen molar-refractivity contribution in [2.45, 2.75) is 38.3 Å². The monoisotopic (exact) mass is 326 g/mol. The lowest BCUT2D eigenvalue weighted by Crippen LogP contribution is -2.37. The maximum absolute atomic E-state index is 12.4. The van der Waals surface area contributed by atoms with Crippen LogP contribution in [0.3, 0.4) is 0 Å². The highest BCUT2D eigenvalue weighted by Gasteiger charge is 2.40. The van der Waals surface area contributed by atoms with E-state index in [1.54, 1.807) is 23.1 Å². The number of carbonyl (C=O) groups excluding carboxylic acids is 2. The molecule has 21 heavy (non-hydrogen) atoms. The molecule has 0 atom stereocenters. The van der Waals surface area contributed by atoms with E-state index in [0.717, 1.165) is 31.2 Å².